The molecule has 3 aromatic heterocycles. The fraction of sp³-hybridized carbons (Fsp3) is 0.267. The van der Waals surface area contributed by atoms with E-state index in [1.807, 2.05) is 25.1 Å². The fourth-order valence-corrected chi connectivity index (χ4v) is 2.97. The molecule has 3 rings (SSSR count). The van der Waals surface area contributed by atoms with Crippen LogP contribution in [0.2, 0.25) is 0 Å². The molecule has 0 bridgehead atoms. The highest BCUT2D eigenvalue weighted by molar-refractivity contribution is 8.00. The second-order valence-electron chi connectivity index (χ2n) is 4.73. The average molecular weight is 316 g/mol. The van der Waals surface area contributed by atoms with Gasteiger partial charge >= 0.3 is 0 Å². The molecule has 2 N–H and O–H groups in total. The second kappa shape index (κ2) is 6.65. The van der Waals surface area contributed by atoms with Gasteiger partial charge in [0.05, 0.1) is 23.6 Å². The summed E-state index contributed by atoms with van der Waals surface area (Å²) in [5.74, 6) is 0.707. The molecule has 3 heterocycles. The number of carbonyl (C=O) groups excluding carboxylic acids is 1. The van der Waals surface area contributed by atoms with E-state index < -0.39 is 0 Å². The van der Waals surface area contributed by atoms with Crippen LogP contribution in [0.1, 0.15) is 19.1 Å². The Labute approximate surface area is 131 Å². The van der Waals surface area contributed by atoms with Gasteiger partial charge in [-0.2, -0.15) is 0 Å². The van der Waals surface area contributed by atoms with Gasteiger partial charge in [0.15, 0.2) is 10.8 Å². The van der Waals surface area contributed by atoms with E-state index in [1.54, 1.807) is 18.5 Å². The topological polar surface area (TPSA) is 83.8 Å². The summed E-state index contributed by atoms with van der Waals surface area (Å²) in [6, 6.07) is 7.40. The van der Waals surface area contributed by atoms with Crippen molar-refractivity contribution in [3.05, 3.63) is 42.5 Å². The summed E-state index contributed by atoms with van der Waals surface area (Å²) in [6.45, 7) is 2.37. The summed E-state index contributed by atoms with van der Waals surface area (Å²) in [6.07, 6.45) is 4.00. The van der Waals surface area contributed by atoms with Crippen molar-refractivity contribution in [1.82, 2.24) is 20.3 Å². The van der Waals surface area contributed by atoms with E-state index in [0.717, 1.165) is 11.3 Å². The molecular weight excluding hydrogens is 300 g/mol. The first-order valence-electron chi connectivity index (χ1n) is 7.03. The van der Waals surface area contributed by atoms with E-state index in [1.165, 1.54) is 11.8 Å². The largest absolute Gasteiger partial charge is 0.467 e. The van der Waals surface area contributed by atoms with Crippen LogP contribution in [0.3, 0.4) is 0 Å². The monoisotopic (exact) mass is 316 g/mol. The minimum absolute atomic E-state index is 0.0303. The van der Waals surface area contributed by atoms with Gasteiger partial charge in [-0.15, -0.1) is 0 Å². The van der Waals surface area contributed by atoms with Gasteiger partial charge in [0.1, 0.15) is 5.76 Å². The molecule has 0 aliphatic carbocycles. The molecule has 0 unspecified atom stereocenters. The van der Waals surface area contributed by atoms with Crippen molar-refractivity contribution in [2.75, 3.05) is 0 Å². The lowest BCUT2D eigenvalue weighted by Gasteiger charge is -2.12. The van der Waals surface area contributed by atoms with E-state index in [-0.39, 0.29) is 11.2 Å². The lowest BCUT2D eigenvalue weighted by Crippen LogP contribution is -2.31. The zero-order valence-electron chi connectivity index (χ0n) is 12.1. The van der Waals surface area contributed by atoms with Crippen LogP contribution in [0.25, 0.3) is 11.2 Å². The van der Waals surface area contributed by atoms with Gasteiger partial charge in [-0.3, -0.25) is 4.79 Å². The van der Waals surface area contributed by atoms with E-state index >= 15 is 0 Å². The number of amides is 1. The number of aromatic nitrogens is 3. The molecule has 114 valence electrons. The third-order valence-electron chi connectivity index (χ3n) is 3.17. The summed E-state index contributed by atoms with van der Waals surface area (Å²) < 4.78 is 5.21. The van der Waals surface area contributed by atoms with Crippen molar-refractivity contribution in [3.63, 3.8) is 0 Å². The lowest BCUT2D eigenvalue weighted by molar-refractivity contribution is -0.120. The molecule has 0 fully saturated rings. The SMILES string of the molecule is CC[C@H](Sc1nc2ncccc2[nH]1)C(=O)NCc1ccco1. The number of furan rings is 1. The minimum Gasteiger partial charge on any atom is -0.467 e. The molecule has 0 saturated carbocycles. The third-order valence-corrected chi connectivity index (χ3v) is 4.42. The first-order chi connectivity index (χ1) is 10.8. The van der Waals surface area contributed by atoms with Crippen molar-refractivity contribution in [2.24, 2.45) is 0 Å². The molecule has 1 amide bonds. The number of imidazole rings is 1. The zero-order chi connectivity index (χ0) is 15.4. The van der Waals surface area contributed by atoms with Gasteiger partial charge in [-0.25, -0.2) is 9.97 Å². The number of carbonyl (C=O) groups is 1. The van der Waals surface area contributed by atoms with Gasteiger partial charge in [0, 0.05) is 6.20 Å². The van der Waals surface area contributed by atoms with Crippen LogP contribution in [0, 0.1) is 0 Å². The van der Waals surface area contributed by atoms with Crippen molar-refractivity contribution in [3.8, 4) is 0 Å². The highest BCUT2D eigenvalue weighted by Gasteiger charge is 2.19. The standard InChI is InChI=1S/C15H16N4O2S/c1-2-12(14(20)17-9-10-5-4-8-21-10)22-15-18-11-6-3-7-16-13(11)19-15/h3-8,12H,2,9H2,1H3,(H,17,20)(H,16,18,19)/t12-/m0/s1. The Hall–Kier alpha value is -2.28. The van der Waals surface area contributed by atoms with Gasteiger partial charge in [-0.05, 0) is 30.7 Å². The molecule has 0 aliphatic rings. The Morgan fingerprint density at radius 3 is 3.09 bits per heavy atom. The number of nitrogens with zero attached hydrogens (tertiary/aromatic N) is 2. The first-order valence-corrected chi connectivity index (χ1v) is 7.91. The lowest BCUT2D eigenvalue weighted by atomic mass is 10.3. The number of pyridine rings is 1. The molecule has 0 aliphatic heterocycles. The van der Waals surface area contributed by atoms with Crippen LogP contribution in [0.15, 0.2) is 46.3 Å². The number of thioether (sulfide) groups is 1. The summed E-state index contributed by atoms with van der Waals surface area (Å²) in [5, 5.41) is 3.37. The van der Waals surface area contributed by atoms with Crippen LogP contribution >= 0.6 is 11.8 Å². The molecule has 1 atom stereocenters. The van der Waals surface area contributed by atoms with Crippen molar-refractivity contribution in [2.45, 2.75) is 30.3 Å². The molecule has 0 aromatic carbocycles. The normalized spacial score (nSPS) is 12.4. The molecule has 6 nitrogen and oxygen atoms in total. The predicted molar refractivity (Wildman–Crippen MR) is 84.4 cm³/mol. The van der Waals surface area contributed by atoms with Gasteiger partial charge in [0.25, 0.3) is 0 Å². The molecule has 0 spiro atoms. The molecule has 22 heavy (non-hydrogen) atoms. The van der Waals surface area contributed by atoms with Crippen LogP contribution in [-0.4, -0.2) is 26.1 Å². The Bertz CT molecular complexity index is 721. The van der Waals surface area contributed by atoms with Gasteiger partial charge in [-0.1, -0.05) is 18.7 Å². The zero-order valence-corrected chi connectivity index (χ0v) is 12.9. The summed E-state index contributed by atoms with van der Waals surface area (Å²) >= 11 is 1.41. The number of nitrogens with one attached hydrogen (secondary N) is 2. The molecule has 0 radical (unpaired) electrons. The maximum Gasteiger partial charge on any atom is 0.233 e. The predicted octanol–water partition coefficient (Wildman–Crippen LogP) is 2.74. The van der Waals surface area contributed by atoms with Crippen LogP contribution in [0.4, 0.5) is 0 Å². The summed E-state index contributed by atoms with van der Waals surface area (Å²) in [4.78, 5) is 24.0. The smallest absolute Gasteiger partial charge is 0.233 e. The Morgan fingerprint density at radius 1 is 1.45 bits per heavy atom. The van der Waals surface area contributed by atoms with Gasteiger partial charge < -0.3 is 14.7 Å². The number of hydrogen-bond acceptors (Lipinski definition) is 5. The number of hydrogen-bond donors (Lipinski definition) is 2. The van der Waals surface area contributed by atoms with Crippen LogP contribution in [-0.2, 0) is 11.3 Å². The Kier molecular flexibility index (Phi) is 4.43. The van der Waals surface area contributed by atoms with E-state index in [2.05, 4.69) is 20.3 Å². The maximum atomic E-state index is 12.3. The van der Waals surface area contributed by atoms with E-state index in [0.29, 0.717) is 23.8 Å². The number of fused-ring (bicyclic) bond motifs is 1. The third kappa shape index (κ3) is 3.30. The second-order valence-corrected chi connectivity index (χ2v) is 5.92. The van der Waals surface area contributed by atoms with Crippen molar-refractivity contribution < 1.29 is 9.21 Å². The minimum atomic E-state index is -0.212. The number of rotatable bonds is 6. The molecule has 3 aromatic rings. The fourth-order valence-electron chi connectivity index (χ4n) is 2.04. The van der Waals surface area contributed by atoms with Crippen LogP contribution in [0.5, 0.6) is 0 Å². The molecular formula is C15H16N4O2S. The highest BCUT2D eigenvalue weighted by atomic mass is 32.2. The van der Waals surface area contributed by atoms with Crippen molar-refractivity contribution in [1.29, 1.82) is 0 Å². The first kappa shape index (κ1) is 14.6. The number of aromatic amines is 1. The number of H-pyrrole nitrogens is 1. The summed E-state index contributed by atoms with van der Waals surface area (Å²) in [7, 11) is 0. The maximum absolute atomic E-state index is 12.3. The van der Waals surface area contributed by atoms with E-state index in [9.17, 15) is 4.79 Å². The average Bonchev–Trinajstić information content (AvgIpc) is 3.18. The highest BCUT2D eigenvalue weighted by Crippen LogP contribution is 2.24. The van der Waals surface area contributed by atoms with Crippen LogP contribution < -0.4 is 5.32 Å². The Morgan fingerprint density at radius 2 is 2.36 bits per heavy atom. The van der Waals surface area contributed by atoms with Crippen molar-refractivity contribution >= 4 is 28.8 Å². The molecule has 7 heteroatoms. The van der Waals surface area contributed by atoms with E-state index in [4.69, 9.17) is 4.42 Å². The molecule has 0 saturated heterocycles. The quantitative estimate of drug-likeness (QED) is 0.683. The Balaban J connectivity index is 1.64. The van der Waals surface area contributed by atoms with Gasteiger partial charge in [0.2, 0.25) is 5.91 Å². The summed E-state index contributed by atoms with van der Waals surface area (Å²) in [5.41, 5.74) is 1.53.